The van der Waals surface area contributed by atoms with Crippen molar-refractivity contribution in [2.75, 3.05) is 79.3 Å². The first-order valence-corrected chi connectivity index (χ1v) is 11.0. The van der Waals surface area contributed by atoms with Gasteiger partial charge in [-0.2, -0.15) is 0 Å². The summed E-state index contributed by atoms with van der Waals surface area (Å²) in [6.07, 6.45) is 0.990. The summed E-state index contributed by atoms with van der Waals surface area (Å²) in [6, 6.07) is 0. The van der Waals surface area contributed by atoms with Crippen molar-refractivity contribution in [3.05, 3.63) is 11.1 Å². The Kier molecular flexibility index (Phi) is 12.7. The maximum Gasteiger partial charge on any atom is 0.310 e. The number of allylic oxidation sites excluding steroid dienone is 2. The number of carbonyl (C=O) groups is 2. The van der Waals surface area contributed by atoms with Crippen LogP contribution >= 0.6 is 0 Å². The van der Waals surface area contributed by atoms with Gasteiger partial charge in [-0.1, -0.05) is 11.1 Å². The van der Waals surface area contributed by atoms with Crippen LogP contribution in [-0.2, 0) is 42.7 Å². The van der Waals surface area contributed by atoms with Crippen LogP contribution in [0.15, 0.2) is 11.1 Å². The van der Waals surface area contributed by atoms with E-state index in [9.17, 15) is 9.59 Å². The van der Waals surface area contributed by atoms with Gasteiger partial charge in [-0.05, 0) is 26.7 Å². The van der Waals surface area contributed by atoms with Gasteiger partial charge in [0.05, 0.1) is 77.9 Å². The molecule has 0 bridgehead atoms. The molecule has 2 aliphatic rings. The third kappa shape index (κ3) is 10.1. The number of esters is 2. The van der Waals surface area contributed by atoms with Gasteiger partial charge in [0, 0.05) is 0 Å². The van der Waals surface area contributed by atoms with Crippen molar-refractivity contribution in [2.24, 2.45) is 11.8 Å². The summed E-state index contributed by atoms with van der Waals surface area (Å²) in [4.78, 5) is 25.3. The highest BCUT2D eigenvalue weighted by molar-refractivity contribution is 5.83. The molecule has 0 spiro atoms. The molecule has 1 aliphatic carbocycles. The van der Waals surface area contributed by atoms with Crippen LogP contribution in [0.4, 0.5) is 0 Å². The lowest BCUT2D eigenvalue weighted by Crippen LogP contribution is -2.36. The lowest BCUT2D eigenvalue weighted by molar-refractivity contribution is -0.163. The molecule has 0 aromatic rings. The van der Waals surface area contributed by atoms with Crippen molar-refractivity contribution in [3.63, 3.8) is 0 Å². The van der Waals surface area contributed by atoms with Crippen LogP contribution < -0.4 is 0 Å². The van der Waals surface area contributed by atoms with Crippen LogP contribution in [0, 0.1) is 11.8 Å². The predicted molar refractivity (Wildman–Crippen MR) is 111 cm³/mol. The summed E-state index contributed by atoms with van der Waals surface area (Å²) in [5.41, 5.74) is 2.23. The number of carbonyl (C=O) groups excluding carboxylic acids is 2. The molecule has 2 atom stereocenters. The summed E-state index contributed by atoms with van der Waals surface area (Å²) in [5, 5.41) is 0. The fourth-order valence-electron chi connectivity index (χ4n) is 3.39. The third-order valence-corrected chi connectivity index (χ3v) is 5.30. The Morgan fingerprint density at radius 2 is 0.742 bits per heavy atom. The molecule has 0 amide bonds. The van der Waals surface area contributed by atoms with E-state index in [1.54, 1.807) is 0 Å². The van der Waals surface area contributed by atoms with Crippen molar-refractivity contribution in [1.82, 2.24) is 0 Å². The predicted octanol–water partition coefficient (Wildman–Crippen LogP) is 1.53. The van der Waals surface area contributed by atoms with Crippen LogP contribution in [0.3, 0.4) is 0 Å². The number of cyclic esters (lactones) is 2. The molecule has 0 saturated carbocycles. The molecule has 1 heterocycles. The first kappa shape index (κ1) is 25.7. The summed E-state index contributed by atoms with van der Waals surface area (Å²) in [7, 11) is 0. The van der Waals surface area contributed by atoms with E-state index in [0.29, 0.717) is 65.7 Å². The maximum atomic E-state index is 12.6. The van der Waals surface area contributed by atoms with E-state index >= 15 is 0 Å². The first-order valence-electron chi connectivity index (χ1n) is 11.0. The fraction of sp³-hybridized carbons (Fsp3) is 0.818. The molecular formula is C22H36O9. The second-order valence-corrected chi connectivity index (χ2v) is 7.58. The van der Waals surface area contributed by atoms with E-state index in [4.69, 9.17) is 33.2 Å². The van der Waals surface area contributed by atoms with E-state index < -0.39 is 23.8 Å². The molecule has 0 N–H and O–H groups in total. The highest BCUT2D eigenvalue weighted by atomic mass is 16.6. The van der Waals surface area contributed by atoms with Crippen molar-refractivity contribution in [2.45, 2.75) is 26.7 Å². The van der Waals surface area contributed by atoms with Crippen LogP contribution in [0.5, 0.6) is 0 Å². The van der Waals surface area contributed by atoms with Crippen molar-refractivity contribution in [3.8, 4) is 0 Å². The van der Waals surface area contributed by atoms with Crippen LogP contribution in [0.1, 0.15) is 26.7 Å². The van der Waals surface area contributed by atoms with Crippen molar-refractivity contribution in [1.29, 1.82) is 0 Å². The summed E-state index contributed by atoms with van der Waals surface area (Å²) in [5.74, 6) is -1.87. The minimum absolute atomic E-state index is 0.135. The quantitative estimate of drug-likeness (QED) is 0.407. The van der Waals surface area contributed by atoms with Gasteiger partial charge in [0.25, 0.3) is 0 Å². The number of fused-ring (bicyclic) bond motifs is 1. The lowest BCUT2D eigenvalue weighted by Gasteiger charge is -2.30. The second-order valence-electron chi connectivity index (χ2n) is 7.58. The third-order valence-electron chi connectivity index (χ3n) is 5.30. The molecule has 1 aliphatic heterocycles. The van der Waals surface area contributed by atoms with Crippen LogP contribution in [-0.4, -0.2) is 91.2 Å². The monoisotopic (exact) mass is 444 g/mol. The smallest absolute Gasteiger partial charge is 0.310 e. The zero-order chi connectivity index (χ0) is 22.3. The fourth-order valence-corrected chi connectivity index (χ4v) is 3.39. The molecule has 1 saturated heterocycles. The number of hydrogen-bond donors (Lipinski definition) is 0. The average Bonchev–Trinajstić information content (AvgIpc) is 2.76. The van der Waals surface area contributed by atoms with Gasteiger partial charge < -0.3 is 33.2 Å². The van der Waals surface area contributed by atoms with E-state index in [0.717, 1.165) is 11.1 Å². The Morgan fingerprint density at radius 1 is 0.484 bits per heavy atom. The lowest BCUT2D eigenvalue weighted by atomic mass is 9.76. The summed E-state index contributed by atoms with van der Waals surface area (Å²) in [6.45, 7) is 8.39. The molecule has 178 valence electrons. The Morgan fingerprint density at radius 3 is 1.03 bits per heavy atom. The first-order chi connectivity index (χ1) is 15.1. The Bertz CT molecular complexity index is 527. The molecule has 0 radical (unpaired) electrons. The van der Waals surface area contributed by atoms with Gasteiger partial charge in [-0.3, -0.25) is 9.59 Å². The standard InChI is InChI=1S/C22H36O9/c1-17-15-19-20(16-18(17)2)22(24)31-14-12-29-10-8-27-6-4-25-3-5-26-7-9-28-11-13-30-21(19)23/h19-20H,3-16H2,1-2H3/t19-,20-/m1/s1. The van der Waals surface area contributed by atoms with E-state index in [1.165, 1.54) is 0 Å². The van der Waals surface area contributed by atoms with Crippen molar-refractivity contribution >= 4 is 11.9 Å². The van der Waals surface area contributed by atoms with Crippen molar-refractivity contribution < 1.29 is 42.7 Å². The van der Waals surface area contributed by atoms with E-state index in [-0.39, 0.29) is 26.4 Å². The zero-order valence-corrected chi connectivity index (χ0v) is 18.7. The van der Waals surface area contributed by atoms with Gasteiger partial charge in [0.15, 0.2) is 0 Å². The molecule has 9 heteroatoms. The van der Waals surface area contributed by atoms with Crippen LogP contribution in [0.25, 0.3) is 0 Å². The highest BCUT2D eigenvalue weighted by Gasteiger charge is 2.39. The molecule has 2 rings (SSSR count). The highest BCUT2D eigenvalue weighted by Crippen LogP contribution is 2.35. The number of rotatable bonds is 0. The summed E-state index contributed by atoms with van der Waals surface area (Å²) >= 11 is 0. The van der Waals surface area contributed by atoms with Gasteiger partial charge in [-0.15, -0.1) is 0 Å². The normalized spacial score (nSPS) is 27.7. The van der Waals surface area contributed by atoms with Gasteiger partial charge in [0.2, 0.25) is 0 Å². The molecule has 1 fully saturated rings. The number of hydrogen-bond acceptors (Lipinski definition) is 9. The van der Waals surface area contributed by atoms with Gasteiger partial charge in [0.1, 0.15) is 13.2 Å². The Balaban J connectivity index is 1.86. The molecular weight excluding hydrogens is 408 g/mol. The SMILES string of the molecule is CC1=C(C)C[C@H]2C(=O)OCCOCCOCCOCCOCCOCCOC(=O)[C@@H]2C1. The van der Waals surface area contributed by atoms with E-state index in [1.807, 2.05) is 13.8 Å². The maximum absolute atomic E-state index is 12.6. The Labute approximate surface area is 184 Å². The Hall–Kier alpha value is -1.52. The van der Waals surface area contributed by atoms with E-state index in [2.05, 4.69) is 0 Å². The summed E-state index contributed by atoms with van der Waals surface area (Å²) < 4.78 is 37.8. The second kappa shape index (κ2) is 15.3. The largest absolute Gasteiger partial charge is 0.463 e. The molecule has 0 aromatic heterocycles. The number of ether oxygens (including phenoxy) is 7. The topological polar surface area (TPSA) is 98.8 Å². The zero-order valence-electron chi connectivity index (χ0n) is 18.7. The minimum atomic E-state index is -0.546. The average molecular weight is 445 g/mol. The molecule has 9 nitrogen and oxygen atoms in total. The van der Waals surface area contributed by atoms with Gasteiger partial charge >= 0.3 is 11.9 Å². The minimum Gasteiger partial charge on any atom is -0.463 e. The van der Waals surface area contributed by atoms with Crippen LogP contribution in [0.2, 0.25) is 0 Å². The molecule has 0 unspecified atom stereocenters. The van der Waals surface area contributed by atoms with Gasteiger partial charge in [-0.25, -0.2) is 0 Å². The molecule has 31 heavy (non-hydrogen) atoms. The molecule has 0 aromatic carbocycles.